The van der Waals surface area contributed by atoms with Crippen LogP contribution in [0.1, 0.15) is 50.3 Å². The predicted molar refractivity (Wildman–Crippen MR) is 64.3 cm³/mol. The first-order valence-electron chi connectivity index (χ1n) is 6.47. The zero-order valence-electron chi connectivity index (χ0n) is 10.4. The molecule has 0 saturated carbocycles. The Morgan fingerprint density at radius 2 is 2.31 bits per heavy atom. The quantitative estimate of drug-likeness (QED) is 0.778. The summed E-state index contributed by atoms with van der Waals surface area (Å²) in [5, 5.41) is 0. The van der Waals surface area contributed by atoms with Crippen LogP contribution in [-0.2, 0) is 24.2 Å². The van der Waals surface area contributed by atoms with Crippen LogP contribution in [0.25, 0.3) is 0 Å². The van der Waals surface area contributed by atoms with Gasteiger partial charge >= 0.3 is 0 Å². The smallest absolute Gasteiger partial charge is 0.132 e. The van der Waals surface area contributed by atoms with Gasteiger partial charge in [-0.1, -0.05) is 20.3 Å². The van der Waals surface area contributed by atoms with Crippen LogP contribution in [0, 0.1) is 5.92 Å². The lowest BCUT2D eigenvalue weighted by molar-refractivity contribution is 0.116. The highest BCUT2D eigenvalue weighted by Crippen LogP contribution is 2.25. The molecule has 1 aliphatic rings. The Balaban J connectivity index is 1.95. The lowest BCUT2D eigenvalue weighted by Gasteiger charge is -2.19. The molecule has 0 aromatic carbocycles. The number of hydrogen-bond acceptors (Lipinski definition) is 2. The summed E-state index contributed by atoms with van der Waals surface area (Å²) in [7, 11) is 0. The summed E-state index contributed by atoms with van der Waals surface area (Å²) in [4.78, 5) is 8.03. The first-order chi connectivity index (χ1) is 7.83. The average molecular weight is 222 g/mol. The summed E-state index contributed by atoms with van der Waals surface area (Å²) >= 11 is 0. The van der Waals surface area contributed by atoms with Crippen LogP contribution in [0.4, 0.5) is 0 Å². The number of ether oxygens (including phenoxy) is 1. The Hall–Kier alpha value is -0.830. The fourth-order valence-corrected chi connectivity index (χ4v) is 2.34. The van der Waals surface area contributed by atoms with Crippen molar-refractivity contribution in [2.45, 2.75) is 52.6 Å². The molecule has 0 bridgehead atoms. The molecule has 0 saturated heterocycles. The maximum Gasteiger partial charge on any atom is 0.132 e. The lowest BCUT2D eigenvalue weighted by atomic mass is 9.88. The van der Waals surface area contributed by atoms with Gasteiger partial charge in [-0.25, -0.2) is 4.98 Å². The first kappa shape index (κ1) is 11.6. The van der Waals surface area contributed by atoms with E-state index in [1.165, 1.54) is 30.7 Å². The van der Waals surface area contributed by atoms with Crippen molar-refractivity contribution in [1.82, 2.24) is 9.97 Å². The van der Waals surface area contributed by atoms with E-state index >= 15 is 0 Å². The number of nitrogens with one attached hydrogen (secondary N) is 1. The standard InChI is InChI=1S/C13H22N2O/c1-3-7-16-9-13-14-11-6-5-10(4-2)8-12(11)15-13/h10H,3-9H2,1-2H3,(H,14,15). The molecule has 0 fully saturated rings. The molecule has 1 atom stereocenters. The third-order valence-corrected chi connectivity index (χ3v) is 3.36. The van der Waals surface area contributed by atoms with Gasteiger partial charge in [-0.05, 0) is 31.6 Å². The van der Waals surface area contributed by atoms with Crippen molar-refractivity contribution >= 4 is 0 Å². The van der Waals surface area contributed by atoms with Crippen molar-refractivity contribution in [3.05, 3.63) is 17.2 Å². The number of aromatic nitrogens is 2. The van der Waals surface area contributed by atoms with Gasteiger partial charge < -0.3 is 9.72 Å². The highest BCUT2D eigenvalue weighted by molar-refractivity contribution is 5.18. The molecule has 1 heterocycles. The monoisotopic (exact) mass is 222 g/mol. The summed E-state index contributed by atoms with van der Waals surface area (Å²) in [5.41, 5.74) is 2.63. The average Bonchev–Trinajstić information content (AvgIpc) is 2.70. The van der Waals surface area contributed by atoms with Gasteiger partial charge in [0.25, 0.3) is 0 Å². The second-order valence-corrected chi connectivity index (χ2v) is 4.68. The molecule has 3 nitrogen and oxygen atoms in total. The number of fused-ring (bicyclic) bond motifs is 1. The van der Waals surface area contributed by atoms with Crippen LogP contribution in [0.15, 0.2) is 0 Å². The Bertz CT molecular complexity index is 333. The minimum Gasteiger partial charge on any atom is -0.374 e. The fraction of sp³-hybridized carbons (Fsp3) is 0.769. The highest BCUT2D eigenvalue weighted by Gasteiger charge is 2.20. The van der Waals surface area contributed by atoms with Crippen LogP contribution < -0.4 is 0 Å². The van der Waals surface area contributed by atoms with E-state index in [1.807, 2.05) is 0 Å². The van der Waals surface area contributed by atoms with E-state index in [1.54, 1.807) is 0 Å². The molecule has 1 aromatic heterocycles. The zero-order valence-corrected chi connectivity index (χ0v) is 10.4. The van der Waals surface area contributed by atoms with Crippen molar-refractivity contribution in [1.29, 1.82) is 0 Å². The van der Waals surface area contributed by atoms with Crippen molar-refractivity contribution in [3.8, 4) is 0 Å². The van der Waals surface area contributed by atoms with Gasteiger partial charge in [0.2, 0.25) is 0 Å². The summed E-state index contributed by atoms with van der Waals surface area (Å²) in [6, 6.07) is 0. The molecule has 90 valence electrons. The van der Waals surface area contributed by atoms with E-state index in [2.05, 4.69) is 23.8 Å². The number of aromatic amines is 1. The minimum absolute atomic E-state index is 0.637. The van der Waals surface area contributed by atoms with Gasteiger partial charge in [0.05, 0.1) is 5.69 Å². The minimum atomic E-state index is 0.637. The SMILES string of the molecule is CCCOCc1nc2c([nH]1)CC(CC)CC2. The summed E-state index contributed by atoms with van der Waals surface area (Å²) in [6.45, 7) is 5.86. The van der Waals surface area contributed by atoms with Crippen LogP contribution in [0.5, 0.6) is 0 Å². The van der Waals surface area contributed by atoms with Gasteiger partial charge in [-0.2, -0.15) is 0 Å². The van der Waals surface area contributed by atoms with Crippen molar-refractivity contribution < 1.29 is 4.74 Å². The van der Waals surface area contributed by atoms with E-state index in [0.29, 0.717) is 6.61 Å². The number of nitrogens with zero attached hydrogens (tertiary/aromatic N) is 1. The number of H-pyrrole nitrogens is 1. The van der Waals surface area contributed by atoms with Gasteiger partial charge in [-0.3, -0.25) is 0 Å². The topological polar surface area (TPSA) is 37.9 Å². The fourth-order valence-electron chi connectivity index (χ4n) is 2.34. The van der Waals surface area contributed by atoms with Crippen molar-refractivity contribution in [2.75, 3.05) is 6.61 Å². The summed E-state index contributed by atoms with van der Waals surface area (Å²) in [6.07, 6.45) is 5.95. The van der Waals surface area contributed by atoms with Crippen LogP contribution >= 0.6 is 0 Å². The summed E-state index contributed by atoms with van der Waals surface area (Å²) < 4.78 is 5.51. The third kappa shape index (κ3) is 2.64. The Labute approximate surface area is 97.6 Å². The second-order valence-electron chi connectivity index (χ2n) is 4.68. The number of aryl methyl sites for hydroxylation is 1. The molecule has 0 aliphatic heterocycles. The first-order valence-corrected chi connectivity index (χ1v) is 6.47. The van der Waals surface area contributed by atoms with Crippen LogP contribution in [0.2, 0.25) is 0 Å². The zero-order chi connectivity index (χ0) is 11.4. The Morgan fingerprint density at radius 1 is 1.44 bits per heavy atom. The third-order valence-electron chi connectivity index (χ3n) is 3.36. The van der Waals surface area contributed by atoms with Crippen molar-refractivity contribution in [2.24, 2.45) is 5.92 Å². The maximum absolute atomic E-state index is 5.51. The Kier molecular flexibility index (Phi) is 3.99. The van der Waals surface area contributed by atoms with E-state index in [9.17, 15) is 0 Å². The number of hydrogen-bond donors (Lipinski definition) is 1. The van der Waals surface area contributed by atoms with E-state index in [-0.39, 0.29) is 0 Å². The molecule has 1 aromatic rings. The largest absolute Gasteiger partial charge is 0.374 e. The van der Waals surface area contributed by atoms with E-state index in [4.69, 9.17) is 4.74 Å². The Morgan fingerprint density at radius 3 is 3.06 bits per heavy atom. The molecule has 16 heavy (non-hydrogen) atoms. The molecule has 0 radical (unpaired) electrons. The highest BCUT2D eigenvalue weighted by atomic mass is 16.5. The van der Waals surface area contributed by atoms with Crippen LogP contribution in [0.3, 0.4) is 0 Å². The lowest BCUT2D eigenvalue weighted by Crippen LogP contribution is -2.12. The number of imidazole rings is 1. The van der Waals surface area contributed by atoms with Gasteiger partial charge in [0, 0.05) is 12.3 Å². The van der Waals surface area contributed by atoms with E-state index < -0.39 is 0 Å². The molecule has 3 heteroatoms. The molecule has 2 rings (SSSR count). The van der Waals surface area contributed by atoms with Crippen molar-refractivity contribution in [3.63, 3.8) is 0 Å². The molecule has 0 spiro atoms. The number of rotatable bonds is 5. The van der Waals surface area contributed by atoms with Crippen LogP contribution in [-0.4, -0.2) is 16.6 Å². The van der Waals surface area contributed by atoms with Gasteiger partial charge in [0.15, 0.2) is 0 Å². The normalized spacial score (nSPS) is 19.8. The molecule has 1 unspecified atom stereocenters. The van der Waals surface area contributed by atoms with E-state index in [0.717, 1.165) is 31.2 Å². The predicted octanol–water partition coefficient (Wildman–Crippen LogP) is 2.85. The molecule has 0 amide bonds. The molecular weight excluding hydrogens is 200 g/mol. The maximum atomic E-state index is 5.51. The van der Waals surface area contributed by atoms with Gasteiger partial charge in [0.1, 0.15) is 12.4 Å². The molecule has 1 aliphatic carbocycles. The molecule has 1 N–H and O–H groups in total. The van der Waals surface area contributed by atoms with Gasteiger partial charge in [-0.15, -0.1) is 0 Å². The summed E-state index contributed by atoms with van der Waals surface area (Å²) in [5.74, 6) is 1.85. The molecular formula is C13H22N2O. The second kappa shape index (κ2) is 5.48.